The molecule has 0 radical (unpaired) electrons. The van der Waals surface area contributed by atoms with E-state index in [-0.39, 0.29) is 18.0 Å². The van der Waals surface area contributed by atoms with Gasteiger partial charge in [-0.2, -0.15) is 0 Å². The third-order valence-corrected chi connectivity index (χ3v) is 5.03. The summed E-state index contributed by atoms with van der Waals surface area (Å²) in [6, 6.07) is 8.19. The van der Waals surface area contributed by atoms with Gasteiger partial charge in [-0.25, -0.2) is 4.79 Å². The van der Waals surface area contributed by atoms with Gasteiger partial charge in [-0.15, -0.1) is 0 Å². The number of aromatic nitrogens is 1. The summed E-state index contributed by atoms with van der Waals surface area (Å²) in [6.07, 6.45) is 4.34. The van der Waals surface area contributed by atoms with Gasteiger partial charge in [-0.05, 0) is 25.0 Å². The Kier molecular flexibility index (Phi) is 5.81. The Morgan fingerprint density at radius 1 is 1.15 bits per heavy atom. The SMILES string of the molecule is CCCC(C)NC(=O)N1CCN(C(=O)Cc2c[nH]c3ccccc23)CC1. The molecule has 1 aromatic carbocycles. The molecule has 1 saturated heterocycles. The quantitative estimate of drug-likeness (QED) is 0.865. The van der Waals surface area contributed by atoms with Gasteiger partial charge in [0.2, 0.25) is 5.91 Å². The fraction of sp³-hybridized carbons (Fsp3) is 0.500. The number of para-hydroxylation sites is 1. The highest BCUT2D eigenvalue weighted by Gasteiger charge is 2.25. The fourth-order valence-corrected chi connectivity index (χ4v) is 3.52. The number of urea groups is 1. The van der Waals surface area contributed by atoms with Gasteiger partial charge >= 0.3 is 6.03 Å². The van der Waals surface area contributed by atoms with Crippen LogP contribution >= 0.6 is 0 Å². The van der Waals surface area contributed by atoms with Gasteiger partial charge in [0.25, 0.3) is 0 Å². The second kappa shape index (κ2) is 8.25. The maximum Gasteiger partial charge on any atom is 0.317 e. The normalized spacial score (nSPS) is 15.9. The van der Waals surface area contributed by atoms with E-state index < -0.39 is 0 Å². The number of aromatic amines is 1. The molecule has 6 nitrogen and oxygen atoms in total. The molecule has 6 heteroatoms. The number of carbonyl (C=O) groups excluding carboxylic acids is 2. The van der Waals surface area contributed by atoms with Crippen LogP contribution in [-0.4, -0.2) is 58.9 Å². The Hall–Kier alpha value is -2.50. The predicted octanol–water partition coefficient (Wildman–Crippen LogP) is 2.75. The van der Waals surface area contributed by atoms with Crippen LogP contribution in [0.3, 0.4) is 0 Å². The summed E-state index contributed by atoms with van der Waals surface area (Å²) in [5.74, 6) is 0.120. The molecule has 26 heavy (non-hydrogen) atoms. The summed E-state index contributed by atoms with van der Waals surface area (Å²) in [4.78, 5) is 31.8. The van der Waals surface area contributed by atoms with Crippen LogP contribution in [0.2, 0.25) is 0 Å². The molecule has 3 rings (SSSR count). The number of carbonyl (C=O) groups is 2. The number of nitrogens with zero attached hydrogens (tertiary/aromatic N) is 2. The van der Waals surface area contributed by atoms with E-state index in [9.17, 15) is 9.59 Å². The summed E-state index contributed by atoms with van der Waals surface area (Å²) in [5.41, 5.74) is 2.08. The number of fused-ring (bicyclic) bond motifs is 1. The standard InChI is InChI=1S/C20H28N4O2/c1-3-6-15(2)22-20(26)24-11-9-23(10-12-24)19(25)13-16-14-21-18-8-5-4-7-17(16)18/h4-5,7-8,14-15,21H,3,6,9-13H2,1-2H3,(H,22,26). The number of benzene rings is 1. The number of H-pyrrole nitrogens is 1. The van der Waals surface area contributed by atoms with Crippen molar-refractivity contribution in [3.8, 4) is 0 Å². The zero-order chi connectivity index (χ0) is 18.5. The van der Waals surface area contributed by atoms with E-state index in [4.69, 9.17) is 0 Å². The number of hydrogen-bond donors (Lipinski definition) is 2. The lowest BCUT2D eigenvalue weighted by atomic mass is 10.1. The zero-order valence-electron chi connectivity index (χ0n) is 15.6. The first-order valence-electron chi connectivity index (χ1n) is 9.46. The molecule has 3 amide bonds. The monoisotopic (exact) mass is 356 g/mol. The van der Waals surface area contributed by atoms with Crippen molar-refractivity contribution in [3.05, 3.63) is 36.0 Å². The van der Waals surface area contributed by atoms with Crippen LogP contribution < -0.4 is 5.32 Å². The van der Waals surface area contributed by atoms with Gasteiger partial charge in [0, 0.05) is 49.3 Å². The van der Waals surface area contributed by atoms with Crippen molar-refractivity contribution in [1.82, 2.24) is 20.1 Å². The third kappa shape index (κ3) is 4.18. The average molecular weight is 356 g/mol. The highest BCUT2D eigenvalue weighted by Crippen LogP contribution is 2.19. The van der Waals surface area contributed by atoms with Crippen molar-refractivity contribution in [2.45, 2.75) is 39.2 Å². The molecule has 1 aromatic heterocycles. The Bertz CT molecular complexity index is 762. The van der Waals surface area contributed by atoms with E-state index in [1.807, 2.05) is 47.2 Å². The van der Waals surface area contributed by atoms with Gasteiger partial charge in [0.1, 0.15) is 0 Å². The number of rotatable bonds is 5. The molecule has 0 bridgehead atoms. The molecule has 1 atom stereocenters. The van der Waals surface area contributed by atoms with E-state index in [1.54, 1.807) is 0 Å². The van der Waals surface area contributed by atoms with E-state index in [0.717, 1.165) is 29.3 Å². The summed E-state index contributed by atoms with van der Waals surface area (Å²) in [5, 5.41) is 4.13. The predicted molar refractivity (Wildman–Crippen MR) is 103 cm³/mol. The summed E-state index contributed by atoms with van der Waals surface area (Å²) in [6.45, 7) is 6.51. The van der Waals surface area contributed by atoms with Crippen molar-refractivity contribution in [2.24, 2.45) is 0 Å². The van der Waals surface area contributed by atoms with Crippen molar-refractivity contribution in [2.75, 3.05) is 26.2 Å². The van der Waals surface area contributed by atoms with Crippen LogP contribution in [0.4, 0.5) is 4.79 Å². The second-order valence-corrected chi connectivity index (χ2v) is 7.04. The van der Waals surface area contributed by atoms with Crippen molar-refractivity contribution >= 4 is 22.8 Å². The van der Waals surface area contributed by atoms with Crippen LogP contribution in [0.15, 0.2) is 30.5 Å². The zero-order valence-corrected chi connectivity index (χ0v) is 15.6. The minimum absolute atomic E-state index is 0.0188. The Balaban J connectivity index is 1.51. The lowest BCUT2D eigenvalue weighted by Gasteiger charge is -2.35. The molecule has 2 N–H and O–H groups in total. The molecule has 2 aromatic rings. The molecule has 0 spiro atoms. The first kappa shape index (κ1) is 18.3. The number of amides is 3. The molecule has 140 valence electrons. The van der Waals surface area contributed by atoms with Crippen LogP contribution in [0, 0.1) is 0 Å². The van der Waals surface area contributed by atoms with Gasteiger partial charge in [-0.1, -0.05) is 31.5 Å². The second-order valence-electron chi connectivity index (χ2n) is 7.04. The third-order valence-electron chi connectivity index (χ3n) is 5.03. The van der Waals surface area contributed by atoms with Crippen molar-refractivity contribution < 1.29 is 9.59 Å². The molecule has 2 heterocycles. The first-order chi connectivity index (χ1) is 12.6. The highest BCUT2D eigenvalue weighted by molar-refractivity contribution is 5.89. The lowest BCUT2D eigenvalue weighted by molar-refractivity contribution is -0.131. The van der Waals surface area contributed by atoms with E-state index in [1.165, 1.54) is 0 Å². The molecule has 1 aliphatic heterocycles. The van der Waals surface area contributed by atoms with Gasteiger partial charge < -0.3 is 20.1 Å². The first-order valence-corrected chi connectivity index (χ1v) is 9.46. The average Bonchev–Trinajstić information content (AvgIpc) is 3.05. The number of hydrogen-bond acceptors (Lipinski definition) is 2. The summed E-state index contributed by atoms with van der Waals surface area (Å²) in [7, 11) is 0. The van der Waals surface area contributed by atoms with Crippen LogP contribution in [0.1, 0.15) is 32.3 Å². The molecule has 1 aliphatic rings. The number of nitrogens with one attached hydrogen (secondary N) is 2. The van der Waals surface area contributed by atoms with Crippen LogP contribution in [0.25, 0.3) is 10.9 Å². The largest absolute Gasteiger partial charge is 0.361 e. The Morgan fingerprint density at radius 3 is 2.58 bits per heavy atom. The van der Waals surface area contributed by atoms with Crippen LogP contribution in [0.5, 0.6) is 0 Å². The molecular formula is C20H28N4O2. The topological polar surface area (TPSA) is 68.4 Å². The highest BCUT2D eigenvalue weighted by atomic mass is 16.2. The minimum Gasteiger partial charge on any atom is -0.361 e. The van der Waals surface area contributed by atoms with Crippen LogP contribution in [-0.2, 0) is 11.2 Å². The summed E-state index contributed by atoms with van der Waals surface area (Å²) < 4.78 is 0. The maximum atomic E-state index is 12.6. The lowest BCUT2D eigenvalue weighted by Crippen LogP contribution is -2.54. The van der Waals surface area contributed by atoms with E-state index in [2.05, 4.69) is 17.2 Å². The minimum atomic E-state index is -0.0188. The van der Waals surface area contributed by atoms with Crippen molar-refractivity contribution in [1.29, 1.82) is 0 Å². The molecule has 1 fully saturated rings. The van der Waals surface area contributed by atoms with Crippen molar-refractivity contribution in [3.63, 3.8) is 0 Å². The molecular weight excluding hydrogens is 328 g/mol. The maximum absolute atomic E-state index is 12.6. The summed E-state index contributed by atoms with van der Waals surface area (Å²) >= 11 is 0. The van der Waals surface area contributed by atoms with Gasteiger partial charge in [-0.3, -0.25) is 4.79 Å². The molecule has 0 saturated carbocycles. The Morgan fingerprint density at radius 2 is 1.85 bits per heavy atom. The van der Waals surface area contributed by atoms with Gasteiger partial charge in [0.15, 0.2) is 0 Å². The Labute approximate surface area is 154 Å². The number of piperazine rings is 1. The fourth-order valence-electron chi connectivity index (χ4n) is 3.52. The van der Waals surface area contributed by atoms with E-state index in [0.29, 0.717) is 32.6 Å². The molecule has 1 unspecified atom stereocenters. The molecule has 0 aliphatic carbocycles. The van der Waals surface area contributed by atoms with E-state index >= 15 is 0 Å². The van der Waals surface area contributed by atoms with Gasteiger partial charge in [0.05, 0.1) is 6.42 Å². The smallest absolute Gasteiger partial charge is 0.317 e.